The summed E-state index contributed by atoms with van der Waals surface area (Å²) in [6, 6.07) is 8.45. The summed E-state index contributed by atoms with van der Waals surface area (Å²) in [4.78, 5) is 40.4. The normalized spacial score (nSPS) is 14.4. The predicted octanol–water partition coefficient (Wildman–Crippen LogP) is 3.60. The molecule has 0 unspecified atom stereocenters. The lowest BCUT2D eigenvalue weighted by Crippen LogP contribution is -2.36. The Morgan fingerprint density at radius 2 is 1.63 bits per heavy atom. The standard InChI is InChI=1S/C21H23N3O3/c1-14(25)15-6-5-9-19(11-15)24-21(27)17-10-16(12-22-13-17)20(26)23-18-7-3-2-4-8-18/h5-6,9-13,18H,2-4,7-8H2,1H3,(H,23,26)(H,24,27). The summed E-state index contributed by atoms with van der Waals surface area (Å²) in [5.41, 5.74) is 1.70. The van der Waals surface area contributed by atoms with Gasteiger partial charge in [-0.15, -0.1) is 0 Å². The number of Topliss-reactive ketones (excluding diaryl/α,β-unsaturated/α-hetero) is 1. The van der Waals surface area contributed by atoms with Crippen molar-refractivity contribution in [2.75, 3.05) is 5.32 Å². The second-order valence-electron chi connectivity index (χ2n) is 6.86. The second-order valence-corrected chi connectivity index (χ2v) is 6.86. The minimum absolute atomic E-state index is 0.0749. The first-order chi connectivity index (χ1) is 13.0. The molecule has 2 N–H and O–H groups in total. The van der Waals surface area contributed by atoms with Crippen molar-refractivity contribution in [3.05, 3.63) is 59.4 Å². The highest BCUT2D eigenvalue weighted by Gasteiger charge is 2.18. The summed E-state index contributed by atoms with van der Waals surface area (Å²) in [6.07, 6.45) is 8.34. The van der Waals surface area contributed by atoms with Crippen LogP contribution in [0.2, 0.25) is 0 Å². The fraction of sp³-hybridized carbons (Fsp3) is 0.333. The van der Waals surface area contributed by atoms with E-state index in [4.69, 9.17) is 0 Å². The number of nitrogens with zero attached hydrogens (tertiary/aromatic N) is 1. The molecule has 2 amide bonds. The molecule has 0 aliphatic heterocycles. The van der Waals surface area contributed by atoms with Crippen molar-refractivity contribution in [1.29, 1.82) is 0 Å². The van der Waals surface area contributed by atoms with E-state index in [2.05, 4.69) is 15.6 Å². The number of rotatable bonds is 5. The van der Waals surface area contributed by atoms with Gasteiger partial charge in [0, 0.05) is 29.7 Å². The van der Waals surface area contributed by atoms with Gasteiger partial charge in [-0.3, -0.25) is 19.4 Å². The summed E-state index contributed by atoms with van der Waals surface area (Å²) < 4.78 is 0. The Morgan fingerprint density at radius 3 is 2.33 bits per heavy atom. The number of ketones is 1. The van der Waals surface area contributed by atoms with Crippen molar-refractivity contribution in [3.8, 4) is 0 Å². The number of nitrogens with one attached hydrogen (secondary N) is 2. The van der Waals surface area contributed by atoms with Gasteiger partial charge in [-0.25, -0.2) is 0 Å². The highest BCUT2D eigenvalue weighted by molar-refractivity contribution is 6.06. The zero-order chi connectivity index (χ0) is 19.2. The van der Waals surface area contributed by atoms with Gasteiger partial charge < -0.3 is 10.6 Å². The van der Waals surface area contributed by atoms with Crippen LogP contribution in [0.5, 0.6) is 0 Å². The SMILES string of the molecule is CC(=O)c1cccc(NC(=O)c2cncc(C(=O)NC3CCCCC3)c2)c1. The lowest BCUT2D eigenvalue weighted by Gasteiger charge is -2.22. The molecule has 27 heavy (non-hydrogen) atoms. The monoisotopic (exact) mass is 365 g/mol. The second kappa shape index (κ2) is 8.58. The Labute approximate surface area is 158 Å². The Morgan fingerprint density at radius 1 is 0.926 bits per heavy atom. The molecule has 1 aromatic carbocycles. The number of benzene rings is 1. The number of carbonyl (C=O) groups excluding carboxylic acids is 3. The van der Waals surface area contributed by atoms with Crippen molar-refractivity contribution < 1.29 is 14.4 Å². The van der Waals surface area contributed by atoms with Gasteiger partial charge in [-0.2, -0.15) is 0 Å². The quantitative estimate of drug-likeness (QED) is 0.793. The van der Waals surface area contributed by atoms with Crippen LogP contribution >= 0.6 is 0 Å². The molecule has 6 heteroatoms. The number of hydrogen-bond acceptors (Lipinski definition) is 4. The van der Waals surface area contributed by atoms with Crippen LogP contribution in [-0.4, -0.2) is 28.6 Å². The van der Waals surface area contributed by atoms with Gasteiger partial charge in [0.2, 0.25) is 0 Å². The van der Waals surface area contributed by atoms with Crippen molar-refractivity contribution in [1.82, 2.24) is 10.3 Å². The average molecular weight is 365 g/mol. The number of hydrogen-bond donors (Lipinski definition) is 2. The van der Waals surface area contributed by atoms with Crippen LogP contribution in [0.3, 0.4) is 0 Å². The topological polar surface area (TPSA) is 88.2 Å². The molecule has 1 fully saturated rings. The molecular weight excluding hydrogens is 342 g/mol. The molecule has 140 valence electrons. The van der Waals surface area contributed by atoms with E-state index in [0.717, 1.165) is 25.7 Å². The molecule has 1 aromatic heterocycles. The lowest BCUT2D eigenvalue weighted by molar-refractivity contribution is 0.0926. The van der Waals surface area contributed by atoms with Crippen molar-refractivity contribution in [3.63, 3.8) is 0 Å². The number of amides is 2. The van der Waals surface area contributed by atoms with E-state index in [1.165, 1.54) is 31.8 Å². The summed E-state index contributed by atoms with van der Waals surface area (Å²) in [5.74, 6) is -0.660. The average Bonchev–Trinajstić information content (AvgIpc) is 2.69. The van der Waals surface area contributed by atoms with Gasteiger partial charge >= 0.3 is 0 Å². The molecule has 0 spiro atoms. The van der Waals surface area contributed by atoms with Crippen LogP contribution in [0, 0.1) is 0 Å². The Bertz CT molecular complexity index is 857. The molecule has 6 nitrogen and oxygen atoms in total. The Balaban J connectivity index is 1.68. The maximum atomic E-state index is 12.5. The summed E-state index contributed by atoms with van der Waals surface area (Å²) in [6.45, 7) is 1.47. The van der Waals surface area contributed by atoms with Gasteiger partial charge in [-0.05, 0) is 38.0 Å². The van der Waals surface area contributed by atoms with Crippen LogP contribution in [0.15, 0.2) is 42.7 Å². The minimum Gasteiger partial charge on any atom is -0.349 e. The van der Waals surface area contributed by atoms with Gasteiger partial charge in [0.05, 0.1) is 11.1 Å². The largest absolute Gasteiger partial charge is 0.349 e. The fourth-order valence-electron chi connectivity index (χ4n) is 3.22. The Hall–Kier alpha value is -3.02. The van der Waals surface area contributed by atoms with Crippen LogP contribution in [0.4, 0.5) is 5.69 Å². The third-order valence-electron chi connectivity index (χ3n) is 4.73. The van der Waals surface area contributed by atoms with Crippen LogP contribution in [-0.2, 0) is 0 Å². The molecular formula is C21H23N3O3. The van der Waals surface area contributed by atoms with Crippen LogP contribution in [0.1, 0.15) is 70.1 Å². The first kappa shape index (κ1) is 18.8. The lowest BCUT2D eigenvalue weighted by atomic mass is 9.95. The molecule has 1 aliphatic carbocycles. The number of pyridine rings is 1. The van der Waals surface area contributed by atoms with Crippen molar-refractivity contribution >= 4 is 23.3 Å². The molecule has 0 atom stereocenters. The molecule has 0 bridgehead atoms. The van der Waals surface area contributed by atoms with E-state index in [0.29, 0.717) is 22.4 Å². The first-order valence-corrected chi connectivity index (χ1v) is 9.21. The highest BCUT2D eigenvalue weighted by atomic mass is 16.2. The van der Waals surface area contributed by atoms with Crippen molar-refractivity contribution in [2.24, 2.45) is 0 Å². The van der Waals surface area contributed by atoms with Crippen molar-refractivity contribution in [2.45, 2.75) is 45.1 Å². The minimum atomic E-state index is -0.379. The van der Waals surface area contributed by atoms with E-state index in [1.54, 1.807) is 24.3 Å². The Kier molecular flexibility index (Phi) is 5.96. The van der Waals surface area contributed by atoms with Gasteiger partial charge in [-0.1, -0.05) is 31.4 Å². The van der Waals surface area contributed by atoms with Gasteiger partial charge in [0.15, 0.2) is 5.78 Å². The first-order valence-electron chi connectivity index (χ1n) is 9.21. The zero-order valence-corrected chi connectivity index (χ0v) is 15.3. The van der Waals surface area contributed by atoms with Gasteiger partial charge in [0.25, 0.3) is 11.8 Å². The molecule has 1 aliphatic rings. The van der Waals surface area contributed by atoms with Gasteiger partial charge in [0.1, 0.15) is 0 Å². The highest BCUT2D eigenvalue weighted by Crippen LogP contribution is 2.18. The maximum Gasteiger partial charge on any atom is 0.257 e. The summed E-state index contributed by atoms with van der Waals surface area (Å²) >= 11 is 0. The van der Waals surface area contributed by atoms with Crippen LogP contribution < -0.4 is 10.6 Å². The number of anilines is 1. The zero-order valence-electron chi connectivity index (χ0n) is 15.3. The van der Waals surface area contributed by atoms with E-state index < -0.39 is 0 Å². The summed E-state index contributed by atoms with van der Waals surface area (Å²) in [7, 11) is 0. The molecule has 1 heterocycles. The number of aromatic nitrogens is 1. The smallest absolute Gasteiger partial charge is 0.257 e. The van der Waals surface area contributed by atoms with E-state index in [-0.39, 0.29) is 23.6 Å². The molecule has 1 saturated carbocycles. The van der Waals surface area contributed by atoms with E-state index >= 15 is 0 Å². The summed E-state index contributed by atoms with van der Waals surface area (Å²) in [5, 5.41) is 5.76. The molecule has 0 radical (unpaired) electrons. The van der Waals surface area contributed by atoms with Crippen LogP contribution in [0.25, 0.3) is 0 Å². The molecule has 0 saturated heterocycles. The number of carbonyl (C=O) groups is 3. The molecule has 3 rings (SSSR count). The third kappa shape index (κ3) is 5.00. The third-order valence-corrected chi connectivity index (χ3v) is 4.73. The fourth-order valence-corrected chi connectivity index (χ4v) is 3.22. The van der Waals surface area contributed by atoms with E-state index in [9.17, 15) is 14.4 Å². The predicted molar refractivity (Wildman–Crippen MR) is 103 cm³/mol. The van der Waals surface area contributed by atoms with E-state index in [1.807, 2.05) is 0 Å². The maximum absolute atomic E-state index is 12.5. The molecule has 2 aromatic rings.